The first-order valence-corrected chi connectivity index (χ1v) is 7.04. The molecular weight excluding hydrogens is 260 g/mol. The minimum atomic E-state index is -1.04. The van der Waals surface area contributed by atoms with Crippen LogP contribution in [0.15, 0.2) is 0 Å². The van der Waals surface area contributed by atoms with Gasteiger partial charge in [-0.15, -0.1) is 0 Å². The minimum absolute atomic E-state index is 0.377. The Morgan fingerprint density at radius 3 is 2.41 bits per heavy atom. The number of rotatable bonds is 7. The van der Waals surface area contributed by atoms with Gasteiger partial charge in [0.2, 0.25) is 5.91 Å². The van der Waals surface area contributed by atoms with E-state index in [0.29, 0.717) is 12.2 Å². The summed E-state index contributed by atoms with van der Waals surface area (Å²) in [4.78, 5) is 22.6. The van der Waals surface area contributed by atoms with Crippen LogP contribution in [0.2, 0.25) is 0 Å². The largest absolute Gasteiger partial charge is 0.480 e. The minimum Gasteiger partial charge on any atom is -0.480 e. The van der Waals surface area contributed by atoms with Crippen molar-refractivity contribution in [1.29, 1.82) is 0 Å². The lowest BCUT2D eigenvalue weighted by molar-refractivity contribution is -0.142. The Kier molecular flexibility index (Phi) is 6.96. The van der Waals surface area contributed by atoms with Gasteiger partial charge in [-0.1, -0.05) is 0 Å². The average Bonchev–Trinajstić information content (AvgIpc) is 2.20. The summed E-state index contributed by atoms with van der Waals surface area (Å²) in [5.41, 5.74) is 5.68. The summed E-state index contributed by atoms with van der Waals surface area (Å²) in [5, 5.41) is 11.4. The maximum absolute atomic E-state index is 11.7. The number of carboxylic acids is 1. The van der Waals surface area contributed by atoms with Crippen LogP contribution in [0, 0.1) is 0 Å². The van der Waals surface area contributed by atoms with Crippen LogP contribution in [0.4, 0.5) is 0 Å². The fourth-order valence-corrected chi connectivity index (χ4v) is 1.66. The van der Waals surface area contributed by atoms with Crippen molar-refractivity contribution in [1.82, 2.24) is 5.32 Å². The summed E-state index contributed by atoms with van der Waals surface area (Å²) < 4.78 is -0.688. The number of hydrogen-bond acceptors (Lipinski definition) is 5. The molecule has 0 saturated carbocycles. The number of carboxylic acid groups (broad SMARTS) is 1. The number of hydrogen-bond donors (Lipinski definition) is 4. The van der Waals surface area contributed by atoms with E-state index < -0.39 is 28.7 Å². The third-order valence-electron chi connectivity index (χ3n) is 2.27. The Morgan fingerprint density at radius 1 is 1.53 bits per heavy atom. The van der Waals surface area contributed by atoms with E-state index >= 15 is 0 Å². The van der Waals surface area contributed by atoms with Gasteiger partial charge < -0.3 is 16.2 Å². The molecule has 4 N–H and O–H groups in total. The highest BCUT2D eigenvalue weighted by Gasteiger charge is 2.31. The van der Waals surface area contributed by atoms with Crippen LogP contribution in [-0.4, -0.2) is 45.8 Å². The second kappa shape index (κ2) is 7.13. The molecule has 0 aliphatic rings. The quantitative estimate of drug-likeness (QED) is 0.505. The van der Waals surface area contributed by atoms with Gasteiger partial charge in [0.25, 0.3) is 0 Å². The van der Waals surface area contributed by atoms with Crippen LogP contribution in [0.3, 0.4) is 0 Å². The summed E-state index contributed by atoms with van der Waals surface area (Å²) in [5.74, 6) is -0.869. The van der Waals surface area contributed by atoms with Crippen molar-refractivity contribution in [2.24, 2.45) is 5.73 Å². The molecule has 0 aliphatic heterocycles. The molecule has 0 radical (unpaired) electrons. The van der Waals surface area contributed by atoms with Gasteiger partial charge in [0, 0.05) is 4.75 Å². The van der Waals surface area contributed by atoms with E-state index in [2.05, 4.69) is 17.9 Å². The van der Waals surface area contributed by atoms with Gasteiger partial charge in [-0.05, 0) is 32.3 Å². The highest BCUT2D eigenvalue weighted by Crippen LogP contribution is 2.16. The Balaban J connectivity index is 4.45. The molecule has 0 rings (SSSR count). The van der Waals surface area contributed by atoms with E-state index in [1.165, 1.54) is 11.8 Å². The number of carbonyl (C=O) groups excluding carboxylic acids is 1. The van der Waals surface area contributed by atoms with Crippen LogP contribution >= 0.6 is 24.4 Å². The summed E-state index contributed by atoms with van der Waals surface area (Å²) in [7, 11) is 0. The first kappa shape index (κ1) is 16.6. The molecule has 0 heterocycles. The van der Waals surface area contributed by atoms with E-state index in [0.717, 1.165) is 0 Å². The highest BCUT2D eigenvalue weighted by atomic mass is 32.2. The van der Waals surface area contributed by atoms with Crippen LogP contribution in [0.5, 0.6) is 0 Å². The zero-order valence-corrected chi connectivity index (χ0v) is 12.0. The zero-order valence-electron chi connectivity index (χ0n) is 10.3. The Labute approximate surface area is 111 Å². The van der Waals surface area contributed by atoms with Crippen molar-refractivity contribution in [3.05, 3.63) is 0 Å². The van der Waals surface area contributed by atoms with E-state index in [4.69, 9.17) is 10.8 Å². The number of aliphatic carboxylic acids is 1. The van der Waals surface area contributed by atoms with Crippen molar-refractivity contribution < 1.29 is 14.7 Å². The SMILES string of the molecule is CSCC[C@H](NC(=O)[C@@H](N)C(C)(C)S)C(=O)O. The molecule has 0 aliphatic carbocycles. The van der Waals surface area contributed by atoms with Crippen LogP contribution < -0.4 is 11.1 Å². The number of nitrogens with one attached hydrogen (secondary N) is 1. The molecule has 0 aromatic rings. The van der Waals surface area contributed by atoms with Gasteiger partial charge in [0.05, 0.1) is 6.04 Å². The number of thiol groups is 1. The van der Waals surface area contributed by atoms with E-state index in [1.807, 2.05) is 6.26 Å². The molecule has 7 heteroatoms. The van der Waals surface area contributed by atoms with Crippen molar-refractivity contribution in [3.63, 3.8) is 0 Å². The summed E-state index contributed by atoms with van der Waals surface area (Å²) >= 11 is 5.72. The Bertz CT molecular complexity index is 279. The molecule has 0 bridgehead atoms. The first-order chi connectivity index (χ1) is 7.70. The highest BCUT2D eigenvalue weighted by molar-refractivity contribution is 7.98. The molecule has 0 saturated heterocycles. The Hall–Kier alpha value is -0.400. The number of carbonyl (C=O) groups is 2. The van der Waals surface area contributed by atoms with Crippen LogP contribution in [0.1, 0.15) is 20.3 Å². The lowest BCUT2D eigenvalue weighted by Crippen LogP contribution is -2.54. The maximum atomic E-state index is 11.7. The first-order valence-electron chi connectivity index (χ1n) is 5.20. The monoisotopic (exact) mass is 280 g/mol. The van der Waals surface area contributed by atoms with E-state index in [1.54, 1.807) is 13.8 Å². The summed E-state index contributed by atoms with van der Waals surface area (Å²) in [6.45, 7) is 3.41. The van der Waals surface area contributed by atoms with Gasteiger partial charge in [-0.25, -0.2) is 4.79 Å². The topological polar surface area (TPSA) is 92.4 Å². The van der Waals surface area contributed by atoms with Gasteiger partial charge in [-0.3, -0.25) is 4.79 Å². The fourth-order valence-electron chi connectivity index (χ4n) is 1.08. The third-order valence-corrected chi connectivity index (χ3v) is 3.19. The van der Waals surface area contributed by atoms with Gasteiger partial charge in [-0.2, -0.15) is 24.4 Å². The van der Waals surface area contributed by atoms with Crippen molar-refractivity contribution in [2.45, 2.75) is 37.1 Å². The van der Waals surface area contributed by atoms with Gasteiger partial charge in [0.1, 0.15) is 6.04 Å². The summed E-state index contributed by atoms with van der Waals surface area (Å²) in [6, 6.07) is -1.74. The standard InChI is InChI=1S/C10H20N2O3S2/c1-10(2,16)7(11)8(13)12-6(9(14)15)4-5-17-3/h6-7,16H,4-5,11H2,1-3H3,(H,12,13)(H,14,15)/t6-,7+/m0/s1. The molecule has 0 aromatic carbocycles. The van der Waals surface area contributed by atoms with Gasteiger partial charge >= 0.3 is 5.97 Å². The zero-order chi connectivity index (χ0) is 13.6. The number of amides is 1. The molecule has 0 aromatic heterocycles. The third kappa shape index (κ3) is 6.18. The molecule has 100 valence electrons. The molecule has 0 unspecified atom stereocenters. The van der Waals surface area contributed by atoms with Crippen LogP contribution in [-0.2, 0) is 9.59 Å². The molecule has 2 atom stereocenters. The van der Waals surface area contributed by atoms with Crippen molar-refractivity contribution >= 4 is 36.3 Å². The molecule has 0 spiro atoms. The molecule has 1 amide bonds. The average molecular weight is 280 g/mol. The van der Waals surface area contributed by atoms with Gasteiger partial charge in [0.15, 0.2) is 0 Å². The second-order valence-electron chi connectivity index (χ2n) is 4.31. The van der Waals surface area contributed by atoms with Crippen molar-refractivity contribution in [3.8, 4) is 0 Å². The van der Waals surface area contributed by atoms with E-state index in [-0.39, 0.29) is 0 Å². The predicted molar refractivity (Wildman–Crippen MR) is 73.6 cm³/mol. The fraction of sp³-hybridized carbons (Fsp3) is 0.800. The van der Waals surface area contributed by atoms with Crippen molar-refractivity contribution in [2.75, 3.05) is 12.0 Å². The second-order valence-corrected chi connectivity index (χ2v) is 6.45. The lowest BCUT2D eigenvalue weighted by atomic mass is 10.0. The lowest BCUT2D eigenvalue weighted by Gasteiger charge is -2.26. The molecular formula is C10H20N2O3S2. The predicted octanol–water partition coefficient (Wildman–Crippen LogP) is 0.345. The molecule has 5 nitrogen and oxygen atoms in total. The number of thioether (sulfide) groups is 1. The van der Waals surface area contributed by atoms with E-state index in [9.17, 15) is 9.59 Å². The normalized spacial score (nSPS) is 15.1. The molecule has 17 heavy (non-hydrogen) atoms. The maximum Gasteiger partial charge on any atom is 0.326 e. The van der Waals surface area contributed by atoms with Crippen LogP contribution in [0.25, 0.3) is 0 Å². The smallest absolute Gasteiger partial charge is 0.326 e. The molecule has 0 fully saturated rings. The Morgan fingerprint density at radius 2 is 2.06 bits per heavy atom. The number of nitrogens with two attached hydrogens (primary N) is 1. The summed E-state index contributed by atoms with van der Waals surface area (Å²) in [6.07, 6.45) is 2.26.